The topological polar surface area (TPSA) is 61.0 Å². The first-order chi connectivity index (χ1) is 6.63. The Labute approximate surface area is 84.5 Å². The largest absolute Gasteiger partial charge is 0.480 e. The predicted octanol–water partition coefficient (Wildman–Crippen LogP) is 1.53. The van der Waals surface area contributed by atoms with Crippen LogP contribution in [0.25, 0.3) is 0 Å². The van der Waals surface area contributed by atoms with Crippen molar-refractivity contribution in [1.29, 1.82) is 0 Å². The third-order valence-electron chi connectivity index (χ3n) is 1.98. The van der Waals surface area contributed by atoms with Gasteiger partial charge in [-0.2, -0.15) is 5.10 Å². The molecule has 0 fully saturated rings. The molecule has 2 N–H and O–H groups in total. The van der Waals surface area contributed by atoms with E-state index < -0.39 is 0 Å². The molecule has 1 unspecified atom stereocenters. The second-order valence-corrected chi connectivity index (χ2v) is 3.74. The van der Waals surface area contributed by atoms with Gasteiger partial charge in [0.05, 0.1) is 12.8 Å². The van der Waals surface area contributed by atoms with Crippen molar-refractivity contribution in [2.75, 3.05) is 7.11 Å². The molecular formula is C10H17N3O. The summed E-state index contributed by atoms with van der Waals surface area (Å²) in [6.07, 6.45) is 0.918. The summed E-state index contributed by atoms with van der Waals surface area (Å²) in [5.74, 6) is 1.08. The van der Waals surface area contributed by atoms with E-state index >= 15 is 0 Å². The zero-order valence-corrected chi connectivity index (χ0v) is 8.90. The van der Waals surface area contributed by atoms with Crippen molar-refractivity contribution in [1.82, 2.24) is 10.2 Å². The lowest BCUT2D eigenvalue weighted by molar-refractivity contribution is 0.389. The van der Waals surface area contributed by atoms with Crippen molar-refractivity contribution < 1.29 is 4.74 Å². The van der Waals surface area contributed by atoms with Crippen molar-refractivity contribution in [3.05, 3.63) is 17.8 Å². The molecule has 0 amide bonds. The van der Waals surface area contributed by atoms with Crippen LogP contribution in [0.3, 0.4) is 0 Å². The Bertz CT molecular complexity index is 271. The summed E-state index contributed by atoms with van der Waals surface area (Å²) in [6, 6.07) is 3.61. The zero-order valence-electron chi connectivity index (χ0n) is 8.90. The van der Waals surface area contributed by atoms with Gasteiger partial charge in [-0.25, -0.2) is 0 Å². The Morgan fingerprint density at radius 2 is 2.07 bits per heavy atom. The van der Waals surface area contributed by atoms with E-state index in [9.17, 15) is 0 Å². The fraction of sp³-hybridized carbons (Fsp3) is 0.600. The molecule has 1 atom stereocenters. The lowest BCUT2D eigenvalue weighted by Crippen LogP contribution is -2.15. The summed E-state index contributed by atoms with van der Waals surface area (Å²) in [7, 11) is 1.57. The molecule has 0 radical (unpaired) electrons. The van der Waals surface area contributed by atoms with Gasteiger partial charge in [-0.1, -0.05) is 13.8 Å². The lowest BCUT2D eigenvalue weighted by Gasteiger charge is -2.12. The van der Waals surface area contributed by atoms with E-state index in [4.69, 9.17) is 10.5 Å². The van der Waals surface area contributed by atoms with E-state index in [2.05, 4.69) is 24.0 Å². The van der Waals surface area contributed by atoms with Crippen LogP contribution in [0, 0.1) is 5.92 Å². The molecule has 0 aromatic carbocycles. The fourth-order valence-electron chi connectivity index (χ4n) is 1.27. The Kier molecular flexibility index (Phi) is 3.83. The highest BCUT2D eigenvalue weighted by Crippen LogP contribution is 2.17. The average Bonchev–Trinajstić information content (AvgIpc) is 2.17. The van der Waals surface area contributed by atoms with Crippen LogP contribution in [0.1, 0.15) is 32.0 Å². The number of methoxy groups -OCH3 is 1. The molecule has 0 saturated carbocycles. The first-order valence-electron chi connectivity index (χ1n) is 4.76. The fourth-order valence-corrected chi connectivity index (χ4v) is 1.27. The van der Waals surface area contributed by atoms with Gasteiger partial charge in [-0.15, -0.1) is 5.10 Å². The molecule has 0 aliphatic carbocycles. The molecule has 4 nitrogen and oxygen atoms in total. The predicted molar refractivity (Wildman–Crippen MR) is 55.0 cm³/mol. The third-order valence-corrected chi connectivity index (χ3v) is 1.98. The van der Waals surface area contributed by atoms with Gasteiger partial charge in [-0.05, 0) is 18.4 Å². The quantitative estimate of drug-likeness (QED) is 0.791. The van der Waals surface area contributed by atoms with Gasteiger partial charge in [0.2, 0.25) is 5.88 Å². The maximum Gasteiger partial charge on any atom is 0.233 e. The minimum Gasteiger partial charge on any atom is -0.480 e. The monoisotopic (exact) mass is 195 g/mol. The van der Waals surface area contributed by atoms with E-state index in [1.807, 2.05) is 6.07 Å². The number of aromatic nitrogens is 2. The maximum absolute atomic E-state index is 5.94. The average molecular weight is 195 g/mol. The summed E-state index contributed by atoms with van der Waals surface area (Å²) in [5.41, 5.74) is 6.76. The van der Waals surface area contributed by atoms with Gasteiger partial charge >= 0.3 is 0 Å². The number of ether oxygens (including phenoxy) is 1. The highest BCUT2D eigenvalue weighted by atomic mass is 16.5. The Hall–Kier alpha value is -1.16. The summed E-state index contributed by atoms with van der Waals surface area (Å²) in [4.78, 5) is 0. The SMILES string of the molecule is COc1ccc(C(N)CC(C)C)nn1. The Balaban J connectivity index is 2.66. The normalized spacial score (nSPS) is 12.9. The molecule has 1 aromatic heterocycles. The summed E-state index contributed by atoms with van der Waals surface area (Å²) < 4.78 is 4.92. The molecular weight excluding hydrogens is 178 g/mol. The van der Waals surface area contributed by atoms with Crippen LogP contribution in [-0.4, -0.2) is 17.3 Å². The molecule has 1 rings (SSSR count). The second kappa shape index (κ2) is 4.91. The molecule has 0 spiro atoms. The van der Waals surface area contributed by atoms with Crippen molar-refractivity contribution in [2.24, 2.45) is 11.7 Å². The van der Waals surface area contributed by atoms with Crippen LogP contribution in [-0.2, 0) is 0 Å². The summed E-state index contributed by atoms with van der Waals surface area (Å²) >= 11 is 0. The van der Waals surface area contributed by atoms with Crippen LogP contribution in [0.15, 0.2) is 12.1 Å². The molecule has 0 saturated heterocycles. The standard InChI is InChI=1S/C10H17N3O/c1-7(2)6-8(11)9-4-5-10(14-3)13-12-9/h4-5,7-8H,6,11H2,1-3H3. The highest BCUT2D eigenvalue weighted by Gasteiger charge is 2.10. The molecule has 14 heavy (non-hydrogen) atoms. The van der Waals surface area contributed by atoms with Crippen LogP contribution in [0.4, 0.5) is 0 Å². The molecule has 0 aliphatic heterocycles. The van der Waals surface area contributed by atoms with Crippen molar-refractivity contribution in [2.45, 2.75) is 26.3 Å². The smallest absolute Gasteiger partial charge is 0.233 e. The molecule has 0 bridgehead atoms. The van der Waals surface area contributed by atoms with Gasteiger partial charge in [0.25, 0.3) is 0 Å². The number of hydrogen-bond acceptors (Lipinski definition) is 4. The van der Waals surface area contributed by atoms with Crippen molar-refractivity contribution in [3.8, 4) is 5.88 Å². The van der Waals surface area contributed by atoms with Gasteiger partial charge in [-0.3, -0.25) is 0 Å². The van der Waals surface area contributed by atoms with Crippen molar-refractivity contribution in [3.63, 3.8) is 0 Å². The van der Waals surface area contributed by atoms with Gasteiger partial charge < -0.3 is 10.5 Å². The zero-order chi connectivity index (χ0) is 10.6. The van der Waals surface area contributed by atoms with E-state index in [0.29, 0.717) is 11.8 Å². The van der Waals surface area contributed by atoms with E-state index in [-0.39, 0.29) is 6.04 Å². The minimum absolute atomic E-state index is 0.0339. The molecule has 0 aliphatic rings. The van der Waals surface area contributed by atoms with E-state index in [1.54, 1.807) is 13.2 Å². The number of nitrogens with two attached hydrogens (primary N) is 1. The number of hydrogen-bond donors (Lipinski definition) is 1. The number of nitrogens with zero attached hydrogens (tertiary/aromatic N) is 2. The molecule has 4 heteroatoms. The minimum atomic E-state index is -0.0339. The van der Waals surface area contributed by atoms with Crippen LogP contribution < -0.4 is 10.5 Å². The Morgan fingerprint density at radius 1 is 1.36 bits per heavy atom. The summed E-state index contributed by atoms with van der Waals surface area (Å²) in [5, 5.41) is 7.88. The van der Waals surface area contributed by atoms with Crippen LogP contribution in [0.2, 0.25) is 0 Å². The van der Waals surface area contributed by atoms with Gasteiger partial charge in [0.1, 0.15) is 0 Å². The van der Waals surface area contributed by atoms with Crippen molar-refractivity contribution >= 4 is 0 Å². The second-order valence-electron chi connectivity index (χ2n) is 3.74. The van der Waals surface area contributed by atoms with Gasteiger partial charge in [0.15, 0.2) is 0 Å². The maximum atomic E-state index is 5.94. The van der Waals surface area contributed by atoms with Crippen LogP contribution >= 0.6 is 0 Å². The molecule has 1 heterocycles. The van der Waals surface area contributed by atoms with E-state index in [1.165, 1.54) is 0 Å². The first kappa shape index (κ1) is 10.9. The lowest BCUT2D eigenvalue weighted by atomic mass is 10.0. The first-order valence-corrected chi connectivity index (χ1v) is 4.76. The van der Waals surface area contributed by atoms with Crippen LogP contribution in [0.5, 0.6) is 5.88 Å². The molecule has 78 valence electrons. The summed E-state index contributed by atoms with van der Waals surface area (Å²) in [6.45, 7) is 4.27. The number of rotatable bonds is 4. The van der Waals surface area contributed by atoms with E-state index in [0.717, 1.165) is 12.1 Å². The third kappa shape index (κ3) is 2.96. The Morgan fingerprint density at radius 3 is 2.50 bits per heavy atom. The molecule has 1 aromatic rings. The highest BCUT2D eigenvalue weighted by molar-refractivity contribution is 5.13. The van der Waals surface area contributed by atoms with Gasteiger partial charge in [0, 0.05) is 12.1 Å².